The predicted molar refractivity (Wildman–Crippen MR) is 122 cm³/mol. The first-order chi connectivity index (χ1) is 13.5. The molecule has 0 aliphatic heterocycles. The third kappa shape index (κ3) is 3.22. The van der Waals surface area contributed by atoms with Gasteiger partial charge in [0, 0.05) is 22.6 Å². The van der Waals surface area contributed by atoms with Gasteiger partial charge in [-0.05, 0) is 48.1 Å². The Morgan fingerprint density at radius 1 is 0.893 bits per heavy atom. The number of allylic oxidation sites excluding steroid dienone is 2. The molecule has 0 amide bonds. The van der Waals surface area contributed by atoms with Crippen LogP contribution in [0.1, 0.15) is 39.7 Å². The van der Waals surface area contributed by atoms with Gasteiger partial charge in [-0.3, -0.25) is 4.98 Å². The number of hydrogen-bond donors (Lipinski definition) is 0. The molecule has 0 saturated carbocycles. The summed E-state index contributed by atoms with van der Waals surface area (Å²) in [5.41, 5.74) is 4.96. The summed E-state index contributed by atoms with van der Waals surface area (Å²) in [5.74, 6) is 0. The molecular weight excluding hydrogens is 338 g/mol. The Morgan fingerprint density at radius 2 is 1.57 bits per heavy atom. The topological polar surface area (TPSA) is 12.9 Å². The highest BCUT2D eigenvalue weighted by atomic mass is 14.7. The number of hydrogen-bond acceptors (Lipinski definition) is 1. The van der Waals surface area contributed by atoms with Crippen LogP contribution in [0.25, 0.3) is 32.8 Å². The van der Waals surface area contributed by atoms with Crippen LogP contribution in [-0.4, -0.2) is 4.98 Å². The van der Waals surface area contributed by atoms with Gasteiger partial charge in [0.05, 0.1) is 5.69 Å². The number of nitrogens with zero attached hydrogens (tertiary/aromatic N) is 1. The molecule has 28 heavy (non-hydrogen) atoms. The number of benzene rings is 3. The Labute approximate surface area is 167 Å². The normalized spacial score (nSPS) is 13.4. The lowest BCUT2D eigenvalue weighted by atomic mass is 9.75. The lowest BCUT2D eigenvalue weighted by Crippen LogP contribution is -2.19. The summed E-state index contributed by atoms with van der Waals surface area (Å²) < 4.78 is 0. The van der Waals surface area contributed by atoms with Crippen molar-refractivity contribution in [1.82, 2.24) is 4.98 Å². The van der Waals surface area contributed by atoms with Crippen molar-refractivity contribution in [2.45, 2.75) is 39.5 Å². The Balaban J connectivity index is 2.08. The van der Waals surface area contributed by atoms with Gasteiger partial charge in [-0.25, -0.2) is 0 Å². The number of aromatic nitrogens is 1. The van der Waals surface area contributed by atoms with Gasteiger partial charge in [0.15, 0.2) is 0 Å². The van der Waals surface area contributed by atoms with E-state index in [1.165, 1.54) is 38.2 Å². The van der Waals surface area contributed by atoms with E-state index < -0.39 is 0 Å². The summed E-state index contributed by atoms with van der Waals surface area (Å²) in [4.78, 5) is 4.89. The van der Waals surface area contributed by atoms with Crippen molar-refractivity contribution in [2.24, 2.45) is 0 Å². The average molecular weight is 366 g/mol. The SMILES string of the molecule is CCC(C)(C=C(C)C)c1ccc2ccccc2c1-c1cc2ccccc2cn1. The minimum absolute atomic E-state index is 0.0362. The molecule has 1 heterocycles. The van der Waals surface area contributed by atoms with Gasteiger partial charge < -0.3 is 0 Å². The van der Waals surface area contributed by atoms with Crippen molar-refractivity contribution in [2.75, 3.05) is 0 Å². The minimum atomic E-state index is -0.0362. The first-order valence-corrected chi connectivity index (χ1v) is 10.1. The molecule has 0 fully saturated rings. The van der Waals surface area contributed by atoms with Crippen molar-refractivity contribution in [3.05, 3.63) is 90.1 Å². The lowest BCUT2D eigenvalue weighted by molar-refractivity contribution is 0.570. The molecule has 1 nitrogen and oxygen atoms in total. The van der Waals surface area contributed by atoms with Crippen molar-refractivity contribution in [3.8, 4) is 11.3 Å². The molecule has 140 valence electrons. The number of rotatable bonds is 4. The van der Waals surface area contributed by atoms with Crippen molar-refractivity contribution < 1.29 is 0 Å². The smallest absolute Gasteiger partial charge is 0.0717 e. The van der Waals surface area contributed by atoms with Gasteiger partial charge in [0.1, 0.15) is 0 Å². The zero-order valence-corrected chi connectivity index (χ0v) is 17.2. The Morgan fingerprint density at radius 3 is 2.29 bits per heavy atom. The van der Waals surface area contributed by atoms with Crippen molar-refractivity contribution in [1.29, 1.82) is 0 Å². The largest absolute Gasteiger partial charge is 0.256 e. The second-order valence-electron chi connectivity index (χ2n) is 8.12. The fourth-order valence-electron chi connectivity index (χ4n) is 4.25. The molecule has 0 radical (unpaired) electrons. The summed E-state index contributed by atoms with van der Waals surface area (Å²) in [6, 6.07) is 23.9. The predicted octanol–water partition coefficient (Wildman–Crippen LogP) is 7.69. The molecule has 0 N–H and O–H groups in total. The monoisotopic (exact) mass is 365 g/mol. The maximum atomic E-state index is 4.89. The summed E-state index contributed by atoms with van der Waals surface area (Å²) in [7, 11) is 0. The van der Waals surface area contributed by atoms with Gasteiger partial charge in [-0.1, -0.05) is 86.2 Å². The van der Waals surface area contributed by atoms with E-state index in [-0.39, 0.29) is 5.41 Å². The van der Waals surface area contributed by atoms with Gasteiger partial charge in [-0.2, -0.15) is 0 Å². The van der Waals surface area contributed by atoms with Crippen LogP contribution in [0.3, 0.4) is 0 Å². The van der Waals surface area contributed by atoms with Gasteiger partial charge >= 0.3 is 0 Å². The quantitative estimate of drug-likeness (QED) is 0.338. The van der Waals surface area contributed by atoms with Crippen LogP contribution in [0.2, 0.25) is 0 Å². The third-order valence-corrected chi connectivity index (χ3v) is 5.77. The van der Waals surface area contributed by atoms with E-state index in [0.29, 0.717) is 0 Å². The van der Waals surface area contributed by atoms with Crippen LogP contribution in [0.4, 0.5) is 0 Å². The maximum absolute atomic E-state index is 4.89. The fourth-order valence-corrected chi connectivity index (χ4v) is 4.25. The second kappa shape index (κ2) is 7.24. The summed E-state index contributed by atoms with van der Waals surface area (Å²) in [5, 5.41) is 4.93. The molecule has 1 atom stereocenters. The zero-order valence-electron chi connectivity index (χ0n) is 17.2. The standard InChI is InChI=1S/C27H27N/c1-5-27(4,17-19(2)3)24-15-14-20-10-8-9-13-23(20)26(24)25-16-21-11-6-7-12-22(21)18-28-25/h6-18H,5H2,1-4H3. The van der Waals surface area contributed by atoms with Crippen LogP contribution in [0.5, 0.6) is 0 Å². The summed E-state index contributed by atoms with van der Waals surface area (Å²) >= 11 is 0. The molecule has 0 aliphatic carbocycles. The lowest BCUT2D eigenvalue weighted by Gasteiger charge is -2.29. The Kier molecular flexibility index (Phi) is 4.77. The molecule has 3 aromatic carbocycles. The van der Waals surface area contributed by atoms with E-state index in [0.717, 1.165) is 12.1 Å². The Hall–Kier alpha value is -2.93. The first kappa shape index (κ1) is 18.4. The van der Waals surface area contributed by atoms with Crippen LogP contribution in [-0.2, 0) is 5.41 Å². The molecule has 0 bridgehead atoms. The number of fused-ring (bicyclic) bond motifs is 2. The van der Waals surface area contributed by atoms with Crippen LogP contribution < -0.4 is 0 Å². The van der Waals surface area contributed by atoms with Gasteiger partial charge in [0.25, 0.3) is 0 Å². The molecule has 0 aliphatic rings. The van der Waals surface area contributed by atoms with E-state index in [1.54, 1.807) is 0 Å². The van der Waals surface area contributed by atoms with E-state index in [1.807, 2.05) is 6.20 Å². The highest BCUT2D eigenvalue weighted by Gasteiger charge is 2.27. The summed E-state index contributed by atoms with van der Waals surface area (Å²) in [6.45, 7) is 8.98. The van der Waals surface area contributed by atoms with Crippen LogP contribution in [0, 0.1) is 0 Å². The second-order valence-corrected chi connectivity index (χ2v) is 8.12. The average Bonchev–Trinajstić information content (AvgIpc) is 2.72. The van der Waals surface area contributed by atoms with Crippen LogP contribution >= 0.6 is 0 Å². The minimum Gasteiger partial charge on any atom is -0.256 e. The first-order valence-electron chi connectivity index (χ1n) is 10.1. The highest BCUT2D eigenvalue weighted by Crippen LogP contribution is 2.41. The van der Waals surface area contributed by atoms with E-state index in [4.69, 9.17) is 4.98 Å². The zero-order chi connectivity index (χ0) is 19.7. The Bertz CT molecular complexity index is 1180. The number of pyridine rings is 1. The van der Waals surface area contributed by atoms with Crippen molar-refractivity contribution >= 4 is 21.5 Å². The molecule has 0 spiro atoms. The molecular formula is C27H27N. The molecule has 1 aromatic heterocycles. The van der Waals surface area contributed by atoms with Crippen LogP contribution in [0.15, 0.2) is 84.6 Å². The third-order valence-electron chi connectivity index (χ3n) is 5.77. The molecule has 4 aromatic rings. The van der Waals surface area contributed by atoms with Crippen molar-refractivity contribution in [3.63, 3.8) is 0 Å². The molecule has 0 saturated heterocycles. The van der Waals surface area contributed by atoms with E-state index in [2.05, 4.69) is 101 Å². The molecule has 1 unspecified atom stereocenters. The van der Waals surface area contributed by atoms with E-state index in [9.17, 15) is 0 Å². The highest BCUT2D eigenvalue weighted by molar-refractivity contribution is 5.99. The maximum Gasteiger partial charge on any atom is 0.0717 e. The fraction of sp³-hybridized carbons (Fsp3) is 0.222. The molecule has 1 heteroatoms. The van der Waals surface area contributed by atoms with E-state index >= 15 is 0 Å². The molecule has 4 rings (SSSR count). The van der Waals surface area contributed by atoms with Gasteiger partial charge in [-0.15, -0.1) is 0 Å². The summed E-state index contributed by atoms with van der Waals surface area (Å²) in [6.07, 6.45) is 5.44. The van der Waals surface area contributed by atoms with Gasteiger partial charge in [0.2, 0.25) is 0 Å².